The van der Waals surface area contributed by atoms with E-state index in [9.17, 15) is 8.78 Å². The van der Waals surface area contributed by atoms with Gasteiger partial charge in [0.2, 0.25) is 0 Å². The molecule has 1 fully saturated rings. The average molecular weight is 282 g/mol. The number of anilines is 1. The van der Waals surface area contributed by atoms with Gasteiger partial charge in [-0.15, -0.1) is 0 Å². The molecule has 1 aliphatic rings. The van der Waals surface area contributed by atoms with Crippen molar-refractivity contribution in [2.45, 2.75) is 58.0 Å². The number of nitrogens with two attached hydrogens (primary N) is 1. The zero-order valence-corrected chi connectivity index (χ0v) is 12.3. The van der Waals surface area contributed by atoms with Crippen molar-refractivity contribution in [1.82, 2.24) is 0 Å². The predicted octanol–water partition coefficient (Wildman–Crippen LogP) is 3.62. The Labute approximate surface area is 120 Å². The van der Waals surface area contributed by atoms with Crippen LogP contribution < -0.4 is 10.6 Å². The highest BCUT2D eigenvalue weighted by Gasteiger charge is 2.32. The summed E-state index contributed by atoms with van der Waals surface area (Å²) in [6.45, 7) is 4.65. The first kappa shape index (κ1) is 15.2. The summed E-state index contributed by atoms with van der Waals surface area (Å²) in [6.07, 6.45) is 4.53. The van der Waals surface area contributed by atoms with E-state index in [0.29, 0.717) is 18.0 Å². The molecule has 2 nitrogen and oxygen atoms in total. The maximum atomic E-state index is 14.3. The number of hydrogen-bond donors (Lipinski definition) is 1. The molecule has 0 amide bonds. The zero-order chi connectivity index (χ0) is 14.7. The number of nitrogens with zero attached hydrogens (tertiary/aromatic N) is 1. The minimum Gasteiger partial charge on any atom is -0.364 e. The second kappa shape index (κ2) is 6.53. The minimum atomic E-state index is -0.455. The van der Waals surface area contributed by atoms with Crippen LogP contribution in [0.3, 0.4) is 0 Å². The molecule has 0 spiro atoms. The molecule has 0 heterocycles. The zero-order valence-electron chi connectivity index (χ0n) is 12.3. The SMILES string of the molecule is CCCCN(c1c(F)cc(CC(C)N)cc1F)C1CC1. The van der Waals surface area contributed by atoms with Crippen LogP contribution >= 0.6 is 0 Å². The Bertz CT molecular complexity index is 433. The maximum absolute atomic E-state index is 14.3. The van der Waals surface area contributed by atoms with Crippen LogP contribution in [0.2, 0.25) is 0 Å². The van der Waals surface area contributed by atoms with Crippen molar-refractivity contribution in [3.05, 3.63) is 29.3 Å². The molecule has 1 atom stereocenters. The number of benzene rings is 1. The highest BCUT2D eigenvalue weighted by molar-refractivity contribution is 5.52. The smallest absolute Gasteiger partial charge is 0.149 e. The molecular formula is C16H24F2N2. The Hall–Kier alpha value is -1.16. The van der Waals surface area contributed by atoms with E-state index in [4.69, 9.17) is 5.73 Å². The number of halogens is 2. The van der Waals surface area contributed by atoms with Gasteiger partial charge in [-0.2, -0.15) is 0 Å². The third-order valence-electron chi connectivity index (χ3n) is 3.66. The summed E-state index contributed by atoms with van der Waals surface area (Å²) in [5.74, 6) is -0.910. The molecular weight excluding hydrogens is 258 g/mol. The monoisotopic (exact) mass is 282 g/mol. The molecule has 2 rings (SSSR count). The standard InChI is InChI=1S/C16H24F2N2/c1-3-4-7-20(13-5-6-13)16-14(17)9-12(8-11(2)19)10-15(16)18/h9-11,13H,3-8,19H2,1-2H3. The third kappa shape index (κ3) is 3.69. The molecule has 0 aromatic heterocycles. The van der Waals surface area contributed by atoms with Crippen molar-refractivity contribution in [1.29, 1.82) is 0 Å². The van der Waals surface area contributed by atoms with Crippen molar-refractivity contribution >= 4 is 5.69 Å². The molecule has 1 unspecified atom stereocenters. The van der Waals surface area contributed by atoms with Gasteiger partial charge in [0.15, 0.2) is 0 Å². The van der Waals surface area contributed by atoms with Gasteiger partial charge in [-0.05, 0) is 50.3 Å². The lowest BCUT2D eigenvalue weighted by atomic mass is 10.1. The van der Waals surface area contributed by atoms with Gasteiger partial charge in [0, 0.05) is 18.6 Å². The van der Waals surface area contributed by atoms with E-state index >= 15 is 0 Å². The molecule has 2 N–H and O–H groups in total. The average Bonchev–Trinajstić information content (AvgIpc) is 3.15. The Morgan fingerprint density at radius 2 is 1.90 bits per heavy atom. The molecule has 1 aliphatic carbocycles. The molecule has 0 bridgehead atoms. The van der Waals surface area contributed by atoms with Crippen LogP contribution in [0.1, 0.15) is 45.1 Å². The van der Waals surface area contributed by atoms with Crippen LogP contribution in [-0.4, -0.2) is 18.6 Å². The van der Waals surface area contributed by atoms with Gasteiger partial charge >= 0.3 is 0 Å². The van der Waals surface area contributed by atoms with Crippen LogP contribution in [0.15, 0.2) is 12.1 Å². The Kier molecular flexibility index (Phi) is 4.97. The first-order chi connectivity index (χ1) is 9.52. The molecule has 112 valence electrons. The lowest BCUT2D eigenvalue weighted by molar-refractivity contribution is 0.559. The van der Waals surface area contributed by atoms with Gasteiger partial charge in [0.25, 0.3) is 0 Å². The molecule has 0 saturated heterocycles. The first-order valence-corrected chi connectivity index (χ1v) is 7.53. The fourth-order valence-corrected chi connectivity index (χ4v) is 2.57. The van der Waals surface area contributed by atoms with E-state index in [0.717, 1.165) is 32.2 Å². The second-order valence-electron chi connectivity index (χ2n) is 5.87. The van der Waals surface area contributed by atoms with Crippen LogP contribution in [0.5, 0.6) is 0 Å². The molecule has 4 heteroatoms. The summed E-state index contributed by atoms with van der Waals surface area (Å²) in [7, 11) is 0. The lowest BCUT2D eigenvalue weighted by Crippen LogP contribution is -2.29. The number of unbranched alkanes of at least 4 members (excludes halogenated alkanes) is 1. The Balaban J connectivity index is 2.25. The normalized spacial score (nSPS) is 16.2. The first-order valence-electron chi connectivity index (χ1n) is 7.53. The predicted molar refractivity (Wildman–Crippen MR) is 79.0 cm³/mol. The van der Waals surface area contributed by atoms with Gasteiger partial charge in [-0.3, -0.25) is 0 Å². The van der Waals surface area contributed by atoms with E-state index in [-0.39, 0.29) is 11.7 Å². The van der Waals surface area contributed by atoms with E-state index < -0.39 is 11.6 Å². The maximum Gasteiger partial charge on any atom is 0.149 e. The highest BCUT2D eigenvalue weighted by Crippen LogP contribution is 2.35. The van der Waals surface area contributed by atoms with Crippen LogP contribution in [-0.2, 0) is 6.42 Å². The van der Waals surface area contributed by atoms with Gasteiger partial charge in [0.1, 0.15) is 17.3 Å². The Morgan fingerprint density at radius 3 is 2.35 bits per heavy atom. The van der Waals surface area contributed by atoms with Crippen molar-refractivity contribution < 1.29 is 8.78 Å². The summed E-state index contributed by atoms with van der Waals surface area (Å²) in [5, 5.41) is 0. The van der Waals surface area contributed by atoms with Crippen molar-refractivity contribution in [2.24, 2.45) is 5.73 Å². The van der Waals surface area contributed by atoms with Gasteiger partial charge in [-0.1, -0.05) is 13.3 Å². The number of hydrogen-bond acceptors (Lipinski definition) is 2. The minimum absolute atomic E-state index is 0.0979. The summed E-state index contributed by atoms with van der Waals surface area (Å²) in [5.41, 5.74) is 6.47. The fraction of sp³-hybridized carbons (Fsp3) is 0.625. The molecule has 20 heavy (non-hydrogen) atoms. The molecule has 1 aromatic rings. The van der Waals surface area contributed by atoms with Gasteiger partial charge < -0.3 is 10.6 Å². The van der Waals surface area contributed by atoms with E-state index in [2.05, 4.69) is 6.92 Å². The van der Waals surface area contributed by atoms with Gasteiger partial charge in [0.05, 0.1) is 0 Å². The summed E-state index contributed by atoms with van der Waals surface area (Å²) in [4.78, 5) is 1.91. The largest absolute Gasteiger partial charge is 0.364 e. The van der Waals surface area contributed by atoms with E-state index in [1.807, 2.05) is 11.8 Å². The van der Waals surface area contributed by atoms with Crippen LogP contribution in [0.25, 0.3) is 0 Å². The van der Waals surface area contributed by atoms with Gasteiger partial charge in [-0.25, -0.2) is 8.78 Å². The second-order valence-corrected chi connectivity index (χ2v) is 5.87. The fourth-order valence-electron chi connectivity index (χ4n) is 2.57. The summed E-state index contributed by atoms with van der Waals surface area (Å²) < 4.78 is 28.6. The van der Waals surface area contributed by atoms with E-state index in [1.54, 1.807) is 0 Å². The summed E-state index contributed by atoms with van der Waals surface area (Å²) >= 11 is 0. The van der Waals surface area contributed by atoms with Crippen LogP contribution in [0.4, 0.5) is 14.5 Å². The Morgan fingerprint density at radius 1 is 1.30 bits per heavy atom. The highest BCUT2D eigenvalue weighted by atomic mass is 19.1. The lowest BCUT2D eigenvalue weighted by Gasteiger charge is -2.26. The topological polar surface area (TPSA) is 29.3 Å². The number of rotatable bonds is 7. The van der Waals surface area contributed by atoms with Crippen LogP contribution in [0, 0.1) is 11.6 Å². The van der Waals surface area contributed by atoms with Crippen molar-refractivity contribution in [3.63, 3.8) is 0 Å². The van der Waals surface area contributed by atoms with Crippen molar-refractivity contribution in [3.8, 4) is 0 Å². The molecule has 0 aliphatic heterocycles. The van der Waals surface area contributed by atoms with Crippen molar-refractivity contribution in [2.75, 3.05) is 11.4 Å². The molecule has 1 aromatic carbocycles. The quantitative estimate of drug-likeness (QED) is 0.827. The molecule has 0 radical (unpaired) electrons. The third-order valence-corrected chi connectivity index (χ3v) is 3.66. The summed E-state index contributed by atoms with van der Waals surface area (Å²) in [6, 6.07) is 3.08. The van der Waals surface area contributed by atoms with E-state index in [1.165, 1.54) is 12.1 Å². The molecule has 1 saturated carbocycles.